The summed E-state index contributed by atoms with van der Waals surface area (Å²) in [5.41, 5.74) is 1.81. The number of halogens is 2. The minimum absolute atomic E-state index is 0.00251. The standard InChI is InChI=1S/C36H34FIN2O9S/c1-6-46-27-17-22(12-13-26(27)48-19-30(41)45-5)32-31(35(43)47-7-2)20(3)39-36-40(32)34(42)29(50-36)16-21-14-25(38)33(28(15-21)44-4)49-18-23-10-8-9-11-24(23)37/h8-17,32H,6-7,18-19H2,1-5H3/b29-16-/t32-/m1/s1. The van der Waals surface area contributed by atoms with Crippen LogP contribution in [0.1, 0.15) is 43.5 Å². The number of thiazole rings is 1. The van der Waals surface area contributed by atoms with Crippen molar-refractivity contribution in [2.24, 2.45) is 4.99 Å². The number of allylic oxidation sites excluding steroid dienone is 1. The first kappa shape index (κ1) is 36.6. The van der Waals surface area contributed by atoms with Gasteiger partial charge in [-0.1, -0.05) is 35.6 Å². The molecule has 4 aromatic rings. The zero-order valence-corrected chi connectivity index (χ0v) is 30.9. The van der Waals surface area contributed by atoms with Gasteiger partial charge in [0, 0.05) is 5.56 Å². The second kappa shape index (κ2) is 16.3. The zero-order valence-electron chi connectivity index (χ0n) is 27.9. The van der Waals surface area contributed by atoms with E-state index in [1.807, 2.05) is 6.07 Å². The fraction of sp³-hybridized carbons (Fsp3) is 0.278. The smallest absolute Gasteiger partial charge is 0.343 e. The van der Waals surface area contributed by atoms with E-state index < -0.39 is 18.0 Å². The Bertz CT molecular complexity index is 2140. The third-order valence-electron chi connectivity index (χ3n) is 7.55. The first-order valence-electron chi connectivity index (χ1n) is 15.5. The normalized spacial score (nSPS) is 14.1. The van der Waals surface area contributed by atoms with Gasteiger partial charge < -0.3 is 28.4 Å². The van der Waals surface area contributed by atoms with E-state index in [4.69, 9.17) is 23.7 Å². The Morgan fingerprint density at radius 2 is 1.78 bits per heavy atom. The highest BCUT2D eigenvalue weighted by molar-refractivity contribution is 14.1. The molecule has 5 rings (SSSR count). The summed E-state index contributed by atoms with van der Waals surface area (Å²) in [5.74, 6) is -0.0990. The number of methoxy groups -OCH3 is 2. The van der Waals surface area contributed by atoms with Crippen molar-refractivity contribution in [2.45, 2.75) is 33.4 Å². The summed E-state index contributed by atoms with van der Waals surface area (Å²) in [6.07, 6.45) is 1.71. The third-order valence-corrected chi connectivity index (χ3v) is 9.34. The Hall–Kier alpha value is -4.70. The first-order chi connectivity index (χ1) is 24.1. The zero-order chi connectivity index (χ0) is 35.9. The van der Waals surface area contributed by atoms with E-state index in [2.05, 4.69) is 32.3 Å². The molecular weight excluding hydrogens is 782 g/mol. The summed E-state index contributed by atoms with van der Waals surface area (Å²) in [4.78, 5) is 44.4. The third kappa shape index (κ3) is 7.86. The van der Waals surface area contributed by atoms with E-state index in [1.165, 1.54) is 36.2 Å². The maximum absolute atomic E-state index is 14.2. The number of fused-ring (bicyclic) bond motifs is 1. The fourth-order valence-corrected chi connectivity index (χ4v) is 7.09. The molecule has 0 N–H and O–H groups in total. The molecule has 3 aromatic carbocycles. The topological polar surface area (TPSA) is 124 Å². The fourth-order valence-electron chi connectivity index (χ4n) is 5.26. The number of rotatable bonds is 13. The minimum atomic E-state index is -0.912. The molecule has 0 aliphatic carbocycles. The number of carbonyl (C=O) groups excluding carboxylic acids is 2. The number of benzene rings is 3. The summed E-state index contributed by atoms with van der Waals surface area (Å²) < 4.78 is 49.9. The number of aromatic nitrogens is 1. The van der Waals surface area contributed by atoms with Crippen molar-refractivity contribution < 1.29 is 42.4 Å². The van der Waals surface area contributed by atoms with Gasteiger partial charge >= 0.3 is 11.9 Å². The maximum atomic E-state index is 14.2. The van der Waals surface area contributed by atoms with Crippen LogP contribution in [0.25, 0.3) is 6.08 Å². The lowest BCUT2D eigenvalue weighted by Crippen LogP contribution is -2.40. The van der Waals surface area contributed by atoms with Crippen LogP contribution in [0.4, 0.5) is 4.39 Å². The van der Waals surface area contributed by atoms with Crippen LogP contribution in [0.3, 0.4) is 0 Å². The van der Waals surface area contributed by atoms with Gasteiger partial charge in [-0.25, -0.2) is 19.0 Å². The van der Waals surface area contributed by atoms with E-state index in [-0.39, 0.29) is 49.1 Å². The van der Waals surface area contributed by atoms with Gasteiger partial charge in [-0.15, -0.1) is 0 Å². The summed E-state index contributed by atoms with van der Waals surface area (Å²) in [5, 5.41) is 0. The molecule has 14 heteroatoms. The van der Waals surface area contributed by atoms with Gasteiger partial charge in [0.25, 0.3) is 5.56 Å². The van der Waals surface area contributed by atoms with Crippen LogP contribution in [0.15, 0.2) is 75.7 Å². The van der Waals surface area contributed by atoms with Crippen molar-refractivity contribution in [3.8, 4) is 23.0 Å². The van der Waals surface area contributed by atoms with Crippen molar-refractivity contribution in [1.29, 1.82) is 0 Å². The molecule has 0 amide bonds. The quantitative estimate of drug-likeness (QED) is 0.134. The molecule has 0 bridgehead atoms. The first-order valence-corrected chi connectivity index (χ1v) is 17.4. The Morgan fingerprint density at radius 3 is 2.48 bits per heavy atom. The molecule has 1 atom stereocenters. The van der Waals surface area contributed by atoms with Gasteiger partial charge in [0.1, 0.15) is 12.4 Å². The average molecular weight is 817 g/mol. The van der Waals surface area contributed by atoms with Crippen LogP contribution in [-0.4, -0.2) is 50.5 Å². The van der Waals surface area contributed by atoms with Crippen LogP contribution < -0.4 is 33.8 Å². The van der Waals surface area contributed by atoms with Crippen LogP contribution in [0.2, 0.25) is 0 Å². The van der Waals surface area contributed by atoms with Gasteiger partial charge in [-0.3, -0.25) is 9.36 Å². The molecular formula is C36H34FIN2O9S. The molecule has 1 aromatic heterocycles. The van der Waals surface area contributed by atoms with Crippen molar-refractivity contribution in [1.82, 2.24) is 4.57 Å². The van der Waals surface area contributed by atoms with Crippen molar-refractivity contribution in [3.63, 3.8) is 0 Å². The number of hydrogen-bond donors (Lipinski definition) is 0. The van der Waals surface area contributed by atoms with Crippen LogP contribution >= 0.6 is 33.9 Å². The summed E-state index contributed by atoms with van der Waals surface area (Å²) in [7, 11) is 2.76. The molecule has 0 saturated carbocycles. The SMILES string of the molecule is CCOC(=O)C1=C(C)N=c2s/c(=C\c3cc(I)c(OCc4ccccc4F)c(OC)c3)c(=O)n2[C@@H]1c1ccc(OCC(=O)OC)c(OCC)c1. The Balaban J connectivity index is 1.59. The van der Waals surface area contributed by atoms with Crippen molar-refractivity contribution in [2.75, 3.05) is 34.0 Å². The Kier molecular flexibility index (Phi) is 12.0. The van der Waals surface area contributed by atoms with Crippen LogP contribution in [0, 0.1) is 9.39 Å². The lowest BCUT2D eigenvalue weighted by atomic mass is 9.95. The monoisotopic (exact) mass is 816 g/mol. The van der Waals surface area contributed by atoms with E-state index in [1.54, 1.807) is 69.3 Å². The molecule has 50 heavy (non-hydrogen) atoms. The minimum Gasteiger partial charge on any atom is -0.493 e. The molecule has 0 unspecified atom stereocenters. The van der Waals surface area contributed by atoms with Gasteiger partial charge in [-0.05, 0) is 90.9 Å². The lowest BCUT2D eigenvalue weighted by molar-refractivity contribution is -0.143. The molecule has 262 valence electrons. The summed E-state index contributed by atoms with van der Waals surface area (Å²) in [6.45, 7) is 5.27. The van der Waals surface area contributed by atoms with Crippen molar-refractivity contribution >= 4 is 51.9 Å². The predicted octanol–water partition coefficient (Wildman–Crippen LogP) is 5.08. The van der Waals surface area contributed by atoms with Crippen LogP contribution in [-0.2, 0) is 25.7 Å². The second-order valence-electron chi connectivity index (χ2n) is 10.7. The summed E-state index contributed by atoms with van der Waals surface area (Å²) in [6, 6.07) is 14.0. The van der Waals surface area contributed by atoms with E-state index >= 15 is 0 Å². The van der Waals surface area contributed by atoms with Gasteiger partial charge in [0.05, 0.1) is 52.8 Å². The molecule has 0 spiro atoms. The van der Waals surface area contributed by atoms with E-state index in [0.717, 1.165) is 0 Å². The number of nitrogens with zero attached hydrogens (tertiary/aromatic N) is 2. The molecule has 1 aliphatic heterocycles. The molecule has 0 saturated heterocycles. The lowest BCUT2D eigenvalue weighted by Gasteiger charge is -2.25. The predicted molar refractivity (Wildman–Crippen MR) is 192 cm³/mol. The van der Waals surface area contributed by atoms with E-state index in [9.17, 15) is 18.8 Å². The van der Waals surface area contributed by atoms with Crippen molar-refractivity contribution in [3.05, 3.63) is 112 Å². The van der Waals surface area contributed by atoms with Crippen LogP contribution in [0.5, 0.6) is 23.0 Å². The van der Waals surface area contributed by atoms with Gasteiger partial charge in [0.15, 0.2) is 34.4 Å². The highest BCUT2D eigenvalue weighted by atomic mass is 127. The molecule has 0 fully saturated rings. The molecule has 1 aliphatic rings. The Labute approximate surface area is 304 Å². The van der Waals surface area contributed by atoms with E-state index in [0.29, 0.717) is 52.5 Å². The summed E-state index contributed by atoms with van der Waals surface area (Å²) >= 11 is 3.28. The Morgan fingerprint density at radius 1 is 1.00 bits per heavy atom. The molecule has 0 radical (unpaired) electrons. The van der Waals surface area contributed by atoms with Gasteiger partial charge in [-0.2, -0.15) is 0 Å². The number of ether oxygens (including phenoxy) is 6. The largest absolute Gasteiger partial charge is 0.493 e. The van der Waals surface area contributed by atoms with Gasteiger partial charge in [0.2, 0.25) is 0 Å². The average Bonchev–Trinajstić information content (AvgIpc) is 3.40. The number of esters is 2. The second-order valence-corrected chi connectivity index (χ2v) is 12.9. The molecule has 11 nitrogen and oxygen atoms in total. The molecule has 2 heterocycles. The highest BCUT2D eigenvalue weighted by Crippen LogP contribution is 2.37. The maximum Gasteiger partial charge on any atom is 0.343 e. The number of hydrogen-bond acceptors (Lipinski definition) is 11. The number of carbonyl (C=O) groups is 2. The highest BCUT2D eigenvalue weighted by Gasteiger charge is 2.34.